The van der Waals surface area contributed by atoms with Crippen LogP contribution in [-0.2, 0) is 32.3 Å². The summed E-state index contributed by atoms with van der Waals surface area (Å²) in [6.45, 7) is 1.23. The number of nitrogens with zero attached hydrogens (tertiary/aromatic N) is 3. The van der Waals surface area contributed by atoms with Crippen LogP contribution in [0.1, 0.15) is 36.8 Å². The lowest BCUT2D eigenvalue weighted by molar-refractivity contribution is -0.149. The van der Waals surface area contributed by atoms with Crippen molar-refractivity contribution in [2.45, 2.75) is 44.8 Å². The molecule has 0 saturated carbocycles. The van der Waals surface area contributed by atoms with E-state index in [2.05, 4.69) is 0 Å². The minimum absolute atomic E-state index is 0.0236. The molecule has 0 N–H and O–H groups in total. The second kappa shape index (κ2) is 11.4. The fourth-order valence-electron chi connectivity index (χ4n) is 4.09. The normalized spacial score (nSPS) is 15.2. The van der Waals surface area contributed by atoms with Gasteiger partial charge in [0.1, 0.15) is 6.04 Å². The zero-order valence-electron chi connectivity index (χ0n) is 19.3. The molecule has 2 aromatic rings. The lowest BCUT2D eigenvalue weighted by atomic mass is 10.1. The Bertz CT molecular complexity index is 978. The molecule has 0 unspecified atom stereocenters. The van der Waals surface area contributed by atoms with Gasteiger partial charge in [-0.3, -0.25) is 19.2 Å². The van der Waals surface area contributed by atoms with Crippen molar-refractivity contribution in [3.8, 4) is 0 Å². The van der Waals surface area contributed by atoms with E-state index in [9.17, 15) is 19.2 Å². The first-order valence-corrected chi connectivity index (χ1v) is 11.3. The first kappa shape index (κ1) is 24.2. The molecule has 7 nitrogen and oxygen atoms in total. The number of carbonyl (C=O) groups is 4. The van der Waals surface area contributed by atoms with E-state index in [1.807, 2.05) is 60.7 Å². The van der Waals surface area contributed by atoms with E-state index in [1.54, 1.807) is 19.0 Å². The van der Waals surface area contributed by atoms with Gasteiger partial charge in [-0.05, 0) is 24.0 Å². The van der Waals surface area contributed by atoms with Gasteiger partial charge in [0.25, 0.3) is 5.91 Å². The maximum Gasteiger partial charge on any atom is 0.292 e. The van der Waals surface area contributed by atoms with Gasteiger partial charge in [-0.15, -0.1) is 0 Å². The first-order valence-electron chi connectivity index (χ1n) is 11.3. The van der Waals surface area contributed by atoms with E-state index in [4.69, 9.17) is 0 Å². The predicted molar refractivity (Wildman–Crippen MR) is 125 cm³/mol. The van der Waals surface area contributed by atoms with Crippen LogP contribution >= 0.6 is 0 Å². The number of benzene rings is 2. The summed E-state index contributed by atoms with van der Waals surface area (Å²) in [6, 6.07) is 18.3. The van der Waals surface area contributed by atoms with E-state index in [1.165, 1.54) is 9.80 Å². The number of hydrogen-bond donors (Lipinski definition) is 0. The lowest BCUT2D eigenvalue weighted by Crippen LogP contribution is -2.47. The number of hydrogen-bond acceptors (Lipinski definition) is 4. The maximum atomic E-state index is 12.9. The van der Waals surface area contributed by atoms with Gasteiger partial charge in [-0.25, -0.2) is 0 Å². The van der Waals surface area contributed by atoms with Crippen molar-refractivity contribution in [1.29, 1.82) is 0 Å². The van der Waals surface area contributed by atoms with Gasteiger partial charge in [0.05, 0.1) is 0 Å². The van der Waals surface area contributed by atoms with Crippen LogP contribution in [0, 0.1) is 0 Å². The van der Waals surface area contributed by atoms with Crippen molar-refractivity contribution in [3.05, 3.63) is 71.8 Å². The number of amides is 3. The molecule has 0 radical (unpaired) electrons. The molecule has 0 aromatic heterocycles. The highest BCUT2D eigenvalue weighted by atomic mass is 16.2. The number of ketones is 1. The minimum atomic E-state index is -0.750. The van der Waals surface area contributed by atoms with Gasteiger partial charge >= 0.3 is 0 Å². The quantitative estimate of drug-likeness (QED) is 0.552. The molecule has 0 bridgehead atoms. The van der Waals surface area contributed by atoms with Gasteiger partial charge in [0.15, 0.2) is 0 Å². The summed E-state index contributed by atoms with van der Waals surface area (Å²) < 4.78 is 0. The highest BCUT2D eigenvalue weighted by Gasteiger charge is 2.38. The zero-order valence-corrected chi connectivity index (χ0v) is 19.3. The van der Waals surface area contributed by atoms with Gasteiger partial charge in [0, 0.05) is 46.6 Å². The van der Waals surface area contributed by atoms with E-state index in [0.717, 1.165) is 11.1 Å². The lowest BCUT2D eigenvalue weighted by Gasteiger charge is -2.25. The van der Waals surface area contributed by atoms with Crippen molar-refractivity contribution >= 4 is 23.5 Å². The summed E-state index contributed by atoms with van der Waals surface area (Å²) in [4.78, 5) is 55.3. The Labute approximate surface area is 195 Å². The standard InChI is InChI=1S/C26H31N3O4/c1-27(18-20-10-5-3-6-11-20)23(30)15-16-24(31)29-17-9-14-22(29)25(32)26(33)28(2)19-21-12-7-4-8-13-21/h3-8,10-13,22H,9,14-19H2,1-2H3/t22-/m0/s1. The molecule has 3 rings (SSSR count). The molecule has 0 aliphatic carbocycles. The Morgan fingerprint density at radius 2 is 1.36 bits per heavy atom. The molecule has 1 aliphatic rings. The number of Topliss-reactive ketones (excluding diaryl/α,β-unsaturated/α-hetero) is 1. The molecule has 1 aliphatic heterocycles. The Morgan fingerprint density at radius 3 is 1.94 bits per heavy atom. The maximum absolute atomic E-state index is 12.9. The molecular formula is C26H31N3O4. The second-order valence-corrected chi connectivity index (χ2v) is 8.49. The van der Waals surface area contributed by atoms with Gasteiger partial charge < -0.3 is 14.7 Å². The van der Waals surface area contributed by atoms with Crippen molar-refractivity contribution in [3.63, 3.8) is 0 Å². The van der Waals surface area contributed by atoms with E-state index in [0.29, 0.717) is 32.5 Å². The third kappa shape index (κ3) is 6.51. The molecule has 0 spiro atoms. The van der Waals surface area contributed by atoms with Crippen molar-refractivity contribution in [2.75, 3.05) is 20.6 Å². The van der Waals surface area contributed by atoms with Crippen molar-refractivity contribution in [2.24, 2.45) is 0 Å². The van der Waals surface area contributed by atoms with Gasteiger partial charge in [-0.1, -0.05) is 60.7 Å². The molecule has 1 heterocycles. The molecule has 1 saturated heterocycles. The third-order valence-electron chi connectivity index (χ3n) is 5.94. The molecule has 33 heavy (non-hydrogen) atoms. The Balaban J connectivity index is 1.52. The molecule has 7 heteroatoms. The second-order valence-electron chi connectivity index (χ2n) is 8.49. The smallest absolute Gasteiger partial charge is 0.292 e. The van der Waals surface area contributed by atoms with Crippen LogP contribution in [0.3, 0.4) is 0 Å². The van der Waals surface area contributed by atoms with Gasteiger partial charge in [-0.2, -0.15) is 0 Å². The topological polar surface area (TPSA) is 78.0 Å². The summed E-state index contributed by atoms with van der Waals surface area (Å²) in [5.74, 6) is -1.55. The van der Waals surface area contributed by atoms with Crippen LogP contribution < -0.4 is 0 Å². The fourth-order valence-corrected chi connectivity index (χ4v) is 4.09. The largest absolute Gasteiger partial charge is 0.341 e. The molecule has 1 fully saturated rings. The number of likely N-dealkylation sites (tertiary alicyclic amines) is 1. The van der Waals surface area contributed by atoms with Crippen LogP contribution in [0.25, 0.3) is 0 Å². The minimum Gasteiger partial charge on any atom is -0.341 e. The van der Waals surface area contributed by atoms with E-state index >= 15 is 0 Å². The van der Waals surface area contributed by atoms with Crippen LogP contribution in [0.5, 0.6) is 0 Å². The van der Waals surface area contributed by atoms with Crippen molar-refractivity contribution in [1.82, 2.24) is 14.7 Å². The van der Waals surface area contributed by atoms with Crippen LogP contribution in [0.4, 0.5) is 0 Å². The summed E-state index contributed by atoms with van der Waals surface area (Å²) >= 11 is 0. The Morgan fingerprint density at radius 1 is 0.818 bits per heavy atom. The SMILES string of the molecule is CN(Cc1ccccc1)C(=O)CCC(=O)N1CCC[C@H]1C(=O)C(=O)N(C)Cc1ccccc1. The van der Waals surface area contributed by atoms with Crippen LogP contribution in [0.2, 0.25) is 0 Å². The van der Waals surface area contributed by atoms with E-state index in [-0.39, 0.29) is 24.7 Å². The van der Waals surface area contributed by atoms with Crippen LogP contribution in [0.15, 0.2) is 60.7 Å². The monoisotopic (exact) mass is 449 g/mol. The molecule has 1 atom stereocenters. The average molecular weight is 450 g/mol. The Hall–Kier alpha value is -3.48. The van der Waals surface area contributed by atoms with E-state index < -0.39 is 17.7 Å². The summed E-state index contributed by atoms with van der Waals surface area (Å²) in [5.41, 5.74) is 1.95. The third-order valence-corrected chi connectivity index (χ3v) is 5.94. The predicted octanol–water partition coefficient (Wildman–Crippen LogP) is 2.64. The molecule has 3 amide bonds. The molecular weight excluding hydrogens is 418 g/mol. The molecule has 2 aromatic carbocycles. The highest BCUT2D eigenvalue weighted by molar-refractivity contribution is 6.38. The van der Waals surface area contributed by atoms with Crippen molar-refractivity contribution < 1.29 is 19.2 Å². The van der Waals surface area contributed by atoms with Crippen LogP contribution in [-0.4, -0.2) is 64.9 Å². The van der Waals surface area contributed by atoms with Gasteiger partial charge in [0.2, 0.25) is 17.6 Å². The summed E-state index contributed by atoms with van der Waals surface area (Å²) in [5, 5.41) is 0. The highest BCUT2D eigenvalue weighted by Crippen LogP contribution is 2.21. The number of carbonyl (C=O) groups excluding carboxylic acids is 4. The summed E-state index contributed by atoms with van der Waals surface area (Å²) in [7, 11) is 3.30. The Kier molecular flexibility index (Phi) is 8.35. The fraction of sp³-hybridized carbons (Fsp3) is 0.385. The zero-order chi connectivity index (χ0) is 23.8. The number of rotatable bonds is 9. The molecule has 174 valence electrons. The average Bonchev–Trinajstić information content (AvgIpc) is 3.32. The first-order chi connectivity index (χ1) is 15.9. The summed E-state index contributed by atoms with van der Waals surface area (Å²) in [6.07, 6.45) is 1.23. The number of likely N-dealkylation sites (N-methyl/N-ethyl adjacent to an activating group) is 1.